The van der Waals surface area contributed by atoms with Crippen LogP contribution in [0.4, 0.5) is 0 Å². The van der Waals surface area contributed by atoms with Gasteiger partial charge in [0.2, 0.25) is 5.70 Å². The molecule has 4 heteroatoms. The summed E-state index contributed by atoms with van der Waals surface area (Å²) >= 11 is 0. The Morgan fingerprint density at radius 1 is 1.50 bits per heavy atom. The highest BCUT2D eigenvalue weighted by atomic mass is 16.6. The first-order valence-corrected chi connectivity index (χ1v) is 4.80. The Hall–Kier alpha value is -2.10. The van der Waals surface area contributed by atoms with Crippen LogP contribution in [0.1, 0.15) is 12.5 Å². The van der Waals surface area contributed by atoms with Crippen molar-refractivity contribution in [3.05, 3.63) is 58.3 Å². The van der Waals surface area contributed by atoms with Gasteiger partial charge in [-0.1, -0.05) is 24.8 Å². The van der Waals surface area contributed by atoms with E-state index in [2.05, 4.69) is 6.58 Å². The van der Waals surface area contributed by atoms with Gasteiger partial charge < -0.3 is 4.74 Å². The zero-order chi connectivity index (χ0) is 12.0. The lowest BCUT2D eigenvalue weighted by molar-refractivity contribution is -0.422. The molecule has 0 saturated heterocycles. The molecule has 0 N–H and O–H groups in total. The van der Waals surface area contributed by atoms with Gasteiger partial charge in [0.15, 0.2) is 0 Å². The Morgan fingerprint density at radius 3 is 2.62 bits per heavy atom. The normalized spacial score (nSPS) is 10.9. The highest BCUT2D eigenvalue weighted by Gasteiger charge is 2.01. The van der Waals surface area contributed by atoms with E-state index in [-0.39, 0.29) is 5.70 Å². The molecule has 0 amide bonds. The van der Waals surface area contributed by atoms with Crippen molar-refractivity contribution >= 4 is 6.08 Å². The molecule has 16 heavy (non-hydrogen) atoms. The monoisotopic (exact) mass is 219 g/mol. The van der Waals surface area contributed by atoms with Crippen molar-refractivity contribution in [2.75, 3.05) is 6.61 Å². The van der Waals surface area contributed by atoms with E-state index in [1.165, 1.54) is 13.0 Å². The fourth-order valence-electron chi connectivity index (χ4n) is 1.11. The van der Waals surface area contributed by atoms with Crippen LogP contribution in [-0.4, -0.2) is 11.5 Å². The average Bonchev–Trinajstić information content (AvgIpc) is 2.28. The summed E-state index contributed by atoms with van der Waals surface area (Å²) in [6.07, 6.45) is 3.17. The van der Waals surface area contributed by atoms with Gasteiger partial charge in [0.05, 0.1) is 4.92 Å². The fraction of sp³-hybridized carbons (Fsp3) is 0.167. The molecule has 0 heterocycles. The third-order valence-electron chi connectivity index (χ3n) is 1.91. The van der Waals surface area contributed by atoms with Crippen LogP contribution in [0.5, 0.6) is 5.75 Å². The lowest BCUT2D eigenvalue weighted by atomic mass is 10.2. The van der Waals surface area contributed by atoms with E-state index in [9.17, 15) is 10.1 Å². The topological polar surface area (TPSA) is 52.4 Å². The molecule has 0 bridgehead atoms. The van der Waals surface area contributed by atoms with E-state index < -0.39 is 4.92 Å². The fourth-order valence-corrected chi connectivity index (χ4v) is 1.11. The van der Waals surface area contributed by atoms with Crippen molar-refractivity contribution in [2.24, 2.45) is 0 Å². The molecule has 4 nitrogen and oxygen atoms in total. The van der Waals surface area contributed by atoms with E-state index >= 15 is 0 Å². The van der Waals surface area contributed by atoms with Crippen molar-refractivity contribution < 1.29 is 9.66 Å². The second kappa shape index (κ2) is 5.70. The molecule has 0 aliphatic heterocycles. The van der Waals surface area contributed by atoms with Crippen molar-refractivity contribution in [3.8, 4) is 5.75 Å². The zero-order valence-electron chi connectivity index (χ0n) is 9.05. The molecule has 0 radical (unpaired) electrons. The third kappa shape index (κ3) is 3.57. The van der Waals surface area contributed by atoms with Crippen LogP contribution in [0.25, 0.3) is 6.08 Å². The molecule has 0 aromatic heterocycles. The van der Waals surface area contributed by atoms with Crippen LogP contribution >= 0.6 is 0 Å². The van der Waals surface area contributed by atoms with E-state index in [4.69, 9.17) is 4.74 Å². The quantitative estimate of drug-likeness (QED) is 0.434. The summed E-state index contributed by atoms with van der Waals surface area (Å²) in [5.41, 5.74) is 0.889. The van der Waals surface area contributed by atoms with E-state index in [0.717, 1.165) is 11.3 Å². The van der Waals surface area contributed by atoms with Gasteiger partial charge in [-0.2, -0.15) is 0 Å². The Morgan fingerprint density at radius 2 is 2.12 bits per heavy atom. The minimum atomic E-state index is -0.415. The maximum atomic E-state index is 10.4. The number of nitro groups is 1. The van der Waals surface area contributed by atoms with Gasteiger partial charge in [0.1, 0.15) is 12.4 Å². The van der Waals surface area contributed by atoms with Gasteiger partial charge in [-0.15, -0.1) is 0 Å². The predicted molar refractivity (Wildman–Crippen MR) is 62.8 cm³/mol. The summed E-state index contributed by atoms with van der Waals surface area (Å²) in [6.45, 7) is 5.45. The van der Waals surface area contributed by atoms with Crippen molar-refractivity contribution in [1.29, 1.82) is 0 Å². The van der Waals surface area contributed by atoms with Crippen molar-refractivity contribution in [1.82, 2.24) is 0 Å². The van der Waals surface area contributed by atoms with E-state index in [1.807, 2.05) is 0 Å². The summed E-state index contributed by atoms with van der Waals surface area (Å²) in [5.74, 6) is 0.718. The first kappa shape index (κ1) is 12.0. The standard InChI is InChI=1S/C12H13NO3/c1-3-8-16-12-6-4-11(5-7-12)9-10(2)13(14)15/h3-7,9H,1,8H2,2H3. The number of benzene rings is 1. The summed E-state index contributed by atoms with van der Waals surface area (Å²) < 4.78 is 5.29. The van der Waals surface area contributed by atoms with Crippen LogP contribution < -0.4 is 4.74 Å². The number of hydrogen-bond donors (Lipinski definition) is 0. The largest absolute Gasteiger partial charge is 0.490 e. The number of allylic oxidation sites excluding steroid dienone is 1. The third-order valence-corrected chi connectivity index (χ3v) is 1.91. The van der Waals surface area contributed by atoms with E-state index in [1.54, 1.807) is 30.3 Å². The lowest BCUT2D eigenvalue weighted by Gasteiger charge is -2.02. The molecule has 0 spiro atoms. The van der Waals surface area contributed by atoms with Crippen LogP contribution in [0.15, 0.2) is 42.6 Å². The SMILES string of the molecule is C=CCOc1ccc(C=C(C)[N+](=O)[O-])cc1. The molecule has 0 unspecified atom stereocenters. The molecule has 1 aromatic rings. The van der Waals surface area contributed by atoms with Crippen LogP contribution in [-0.2, 0) is 0 Å². The Balaban J connectivity index is 2.75. The first-order chi connectivity index (χ1) is 7.63. The van der Waals surface area contributed by atoms with Crippen LogP contribution in [0.3, 0.4) is 0 Å². The predicted octanol–water partition coefficient (Wildman–Crippen LogP) is 2.89. The second-order valence-electron chi connectivity index (χ2n) is 3.21. The van der Waals surface area contributed by atoms with Crippen LogP contribution in [0, 0.1) is 10.1 Å². The van der Waals surface area contributed by atoms with E-state index in [0.29, 0.717) is 6.61 Å². The molecule has 0 saturated carbocycles. The summed E-state index contributed by atoms with van der Waals surface area (Å²) in [7, 11) is 0. The molecular formula is C12H13NO3. The van der Waals surface area contributed by atoms with Gasteiger partial charge in [0.25, 0.3) is 0 Å². The van der Waals surface area contributed by atoms with Crippen LogP contribution in [0.2, 0.25) is 0 Å². The summed E-state index contributed by atoms with van der Waals surface area (Å²) in [5, 5.41) is 10.4. The van der Waals surface area contributed by atoms with Gasteiger partial charge in [-0.05, 0) is 17.7 Å². The zero-order valence-corrected chi connectivity index (χ0v) is 9.05. The minimum Gasteiger partial charge on any atom is -0.490 e. The van der Waals surface area contributed by atoms with Gasteiger partial charge in [0, 0.05) is 13.0 Å². The summed E-state index contributed by atoms with van der Waals surface area (Å²) in [6, 6.07) is 7.07. The molecule has 0 fully saturated rings. The molecule has 0 atom stereocenters. The number of nitrogens with zero attached hydrogens (tertiary/aromatic N) is 1. The maximum Gasteiger partial charge on any atom is 0.243 e. The van der Waals surface area contributed by atoms with Gasteiger partial charge in [-0.3, -0.25) is 10.1 Å². The number of hydrogen-bond acceptors (Lipinski definition) is 3. The minimum absolute atomic E-state index is 0.111. The first-order valence-electron chi connectivity index (χ1n) is 4.80. The maximum absolute atomic E-state index is 10.4. The van der Waals surface area contributed by atoms with Crippen molar-refractivity contribution in [3.63, 3.8) is 0 Å². The van der Waals surface area contributed by atoms with Crippen molar-refractivity contribution in [2.45, 2.75) is 6.92 Å². The Labute approximate surface area is 94.0 Å². The second-order valence-corrected chi connectivity index (χ2v) is 3.21. The Kier molecular flexibility index (Phi) is 4.27. The Bertz CT molecular complexity index is 407. The lowest BCUT2D eigenvalue weighted by Crippen LogP contribution is -1.94. The highest BCUT2D eigenvalue weighted by molar-refractivity contribution is 5.51. The van der Waals surface area contributed by atoms with Gasteiger partial charge >= 0.3 is 0 Å². The average molecular weight is 219 g/mol. The molecule has 84 valence electrons. The molecule has 1 rings (SSSR count). The molecule has 0 aliphatic rings. The number of ether oxygens (including phenoxy) is 1. The number of rotatable bonds is 5. The van der Waals surface area contributed by atoms with Gasteiger partial charge in [-0.25, -0.2) is 0 Å². The smallest absolute Gasteiger partial charge is 0.243 e. The molecular weight excluding hydrogens is 206 g/mol. The summed E-state index contributed by atoms with van der Waals surface area (Å²) in [4.78, 5) is 10.00. The molecule has 0 aliphatic carbocycles. The highest BCUT2D eigenvalue weighted by Crippen LogP contribution is 2.14. The molecule has 1 aromatic carbocycles.